The van der Waals surface area contributed by atoms with E-state index >= 15 is 0 Å². The minimum absolute atomic E-state index is 0.0572. The van der Waals surface area contributed by atoms with Crippen LogP contribution in [-0.2, 0) is 4.79 Å². The predicted molar refractivity (Wildman–Crippen MR) is 77.2 cm³/mol. The van der Waals surface area contributed by atoms with Gasteiger partial charge in [-0.15, -0.1) is 0 Å². The maximum absolute atomic E-state index is 11.1. The molecule has 1 saturated heterocycles. The molecular weight excluding hydrogens is 280 g/mol. The topological polar surface area (TPSA) is 83.6 Å². The van der Waals surface area contributed by atoms with Gasteiger partial charge in [0.25, 0.3) is 0 Å². The highest BCUT2D eigenvalue weighted by atomic mass is 35.5. The van der Waals surface area contributed by atoms with Crippen molar-refractivity contribution in [2.75, 3.05) is 11.4 Å². The summed E-state index contributed by atoms with van der Waals surface area (Å²) >= 11 is 6.21. The first-order chi connectivity index (χ1) is 9.49. The van der Waals surface area contributed by atoms with Crippen LogP contribution in [0.3, 0.4) is 0 Å². The number of halogens is 1. The number of nitrogens with zero attached hydrogens (tertiary/aromatic N) is 1. The molecule has 5 nitrogen and oxygen atoms in total. The smallest absolute Gasteiger partial charge is 0.305 e. The molecule has 1 aromatic rings. The fourth-order valence-corrected chi connectivity index (χ4v) is 2.91. The second kappa shape index (κ2) is 6.13. The lowest BCUT2D eigenvalue weighted by Gasteiger charge is -2.37. The lowest BCUT2D eigenvalue weighted by Crippen LogP contribution is -2.41. The van der Waals surface area contributed by atoms with Gasteiger partial charge in [-0.25, -0.2) is 0 Å². The Morgan fingerprint density at radius 3 is 2.75 bits per heavy atom. The second-order valence-electron chi connectivity index (χ2n) is 4.97. The molecular formula is C14H17ClN2O3. The Kier molecular flexibility index (Phi) is 4.49. The Hall–Kier alpha value is -1.75. The first-order valence-corrected chi connectivity index (χ1v) is 6.94. The normalized spacial score (nSPS) is 18.9. The Balaban J connectivity index is 2.27. The van der Waals surface area contributed by atoms with Gasteiger partial charge in [-0.05, 0) is 37.5 Å². The van der Waals surface area contributed by atoms with Crippen LogP contribution in [0.4, 0.5) is 5.69 Å². The van der Waals surface area contributed by atoms with E-state index in [1.807, 2.05) is 4.90 Å². The van der Waals surface area contributed by atoms with Crippen molar-refractivity contribution in [1.29, 1.82) is 0 Å². The van der Waals surface area contributed by atoms with Crippen LogP contribution in [0.1, 0.15) is 36.0 Å². The summed E-state index contributed by atoms with van der Waals surface area (Å²) in [4.78, 5) is 24.1. The molecule has 0 spiro atoms. The van der Waals surface area contributed by atoms with Crippen molar-refractivity contribution in [2.24, 2.45) is 5.73 Å². The Morgan fingerprint density at radius 1 is 1.40 bits per heavy atom. The molecule has 0 bridgehead atoms. The highest BCUT2D eigenvalue weighted by molar-refractivity contribution is 6.33. The number of primary amides is 1. The van der Waals surface area contributed by atoms with E-state index in [1.54, 1.807) is 12.1 Å². The minimum Gasteiger partial charge on any atom is -0.481 e. The molecule has 1 fully saturated rings. The van der Waals surface area contributed by atoms with E-state index in [0.717, 1.165) is 31.5 Å². The number of nitrogens with two attached hydrogens (primary N) is 1. The van der Waals surface area contributed by atoms with Crippen LogP contribution in [0.5, 0.6) is 0 Å². The maximum atomic E-state index is 11.1. The summed E-state index contributed by atoms with van der Waals surface area (Å²) in [5.74, 6) is -1.34. The minimum atomic E-state index is -0.813. The molecule has 0 saturated carbocycles. The average molecular weight is 297 g/mol. The van der Waals surface area contributed by atoms with Gasteiger partial charge in [-0.2, -0.15) is 0 Å². The molecule has 1 unspecified atom stereocenters. The van der Waals surface area contributed by atoms with Gasteiger partial charge >= 0.3 is 5.97 Å². The van der Waals surface area contributed by atoms with Gasteiger partial charge in [-0.3, -0.25) is 9.59 Å². The van der Waals surface area contributed by atoms with E-state index in [2.05, 4.69) is 0 Å². The second-order valence-corrected chi connectivity index (χ2v) is 5.38. The molecule has 1 amide bonds. The number of rotatable bonds is 4. The summed E-state index contributed by atoms with van der Waals surface area (Å²) in [6.45, 7) is 0.771. The molecule has 1 aliphatic rings. The van der Waals surface area contributed by atoms with Crippen molar-refractivity contribution in [3.8, 4) is 0 Å². The third-order valence-corrected chi connectivity index (χ3v) is 3.88. The van der Waals surface area contributed by atoms with Gasteiger partial charge in [0.2, 0.25) is 5.91 Å². The van der Waals surface area contributed by atoms with Crippen molar-refractivity contribution in [1.82, 2.24) is 0 Å². The van der Waals surface area contributed by atoms with Crippen LogP contribution in [0.15, 0.2) is 18.2 Å². The van der Waals surface area contributed by atoms with Crippen molar-refractivity contribution in [2.45, 2.75) is 31.7 Å². The number of benzene rings is 1. The summed E-state index contributed by atoms with van der Waals surface area (Å²) in [6.07, 6.45) is 2.95. The largest absolute Gasteiger partial charge is 0.481 e. The third kappa shape index (κ3) is 3.22. The number of carbonyl (C=O) groups is 2. The number of piperidine rings is 1. The van der Waals surface area contributed by atoms with Gasteiger partial charge in [0.05, 0.1) is 17.1 Å². The quantitative estimate of drug-likeness (QED) is 0.893. The standard InChI is InChI=1S/C14H17ClN2O3/c15-11-7-9(14(16)20)4-5-12(11)17-6-2-1-3-10(17)8-13(18)19/h4-5,7,10H,1-3,6,8H2,(H2,16,20)(H,18,19). The van der Waals surface area contributed by atoms with Crippen molar-refractivity contribution in [3.63, 3.8) is 0 Å². The van der Waals surface area contributed by atoms with Crippen LogP contribution >= 0.6 is 11.6 Å². The summed E-state index contributed by atoms with van der Waals surface area (Å²) in [5.41, 5.74) is 6.33. The molecule has 3 N–H and O–H groups in total. The molecule has 1 heterocycles. The van der Waals surface area contributed by atoms with Crippen LogP contribution in [0.2, 0.25) is 5.02 Å². The molecule has 0 aromatic heterocycles. The molecule has 20 heavy (non-hydrogen) atoms. The lowest BCUT2D eigenvalue weighted by molar-refractivity contribution is -0.137. The van der Waals surface area contributed by atoms with Crippen LogP contribution < -0.4 is 10.6 Å². The number of amides is 1. The zero-order valence-corrected chi connectivity index (χ0v) is 11.8. The number of carbonyl (C=O) groups excluding carboxylic acids is 1. The molecule has 1 aliphatic heterocycles. The van der Waals surface area contributed by atoms with Crippen LogP contribution in [-0.4, -0.2) is 29.6 Å². The van der Waals surface area contributed by atoms with Crippen molar-refractivity contribution >= 4 is 29.2 Å². The Bertz CT molecular complexity index is 533. The summed E-state index contributed by atoms with van der Waals surface area (Å²) in [6, 6.07) is 4.84. The molecule has 1 aromatic carbocycles. The van der Waals surface area contributed by atoms with E-state index in [1.165, 1.54) is 6.07 Å². The SMILES string of the molecule is NC(=O)c1ccc(N2CCCCC2CC(=O)O)c(Cl)c1. The highest BCUT2D eigenvalue weighted by Gasteiger charge is 2.26. The monoisotopic (exact) mass is 296 g/mol. The molecule has 2 rings (SSSR count). The Labute approximate surface area is 122 Å². The van der Waals surface area contributed by atoms with E-state index in [0.29, 0.717) is 10.6 Å². The molecule has 1 atom stereocenters. The first-order valence-electron chi connectivity index (χ1n) is 6.57. The molecule has 0 radical (unpaired) electrons. The van der Waals surface area contributed by atoms with E-state index in [4.69, 9.17) is 22.4 Å². The van der Waals surface area contributed by atoms with Gasteiger partial charge in [0, 0.05) is 18.2 Å². The fraction of sp³-hybridized carbons (Fsp3) is 0.429. The third-order valence-electron chi connectivity index (χ3n) is 3.58. The van der Waals surface area contributed by atoms with Gasteiger partial charge in [0.15, 0.2) is 0 Å². The number of carboxylic acids is 1. The molecule has 6 heteroatoms. The fourth-order valence-electron chi connectivity index (χ4n) is 2.62. The zero-order valence-electron chi connectivity index (χ0n) is 11.0. The van der Waals surface area contributed by atoms with E-state index < -0.39 is 11.9 Å². The number of hydrogen-bond donors (Lipinski definition) is 2. The number of carboxylic acid groups (broad SMARTS) is 1. The van der Waals surface area contributed by atoms with Crippen molar-refractivity contribution < 1.29 is 14.7 Å². The first kappa shape index (κ1) is 14.7. The van der Waals surface area contributed by atoms with E-state index in [-0.39, 0.29) is 12.5 Å². The predicted octanol–water partition coefficient (Wildman–Crippen LogP) is 2.27. The Morgan fingerprint density at radius 2 is 2.15 bits per heavy atom. The molecule has 0 aliphatic carbocycles. The van der Waals surface area contributed by atoms with E-state index in [9.17, 15) is 9.59 Å². The average Bonchev–Trinajstić information content (AvgIpc) is 2.39. The number of aliphatic carboxylic acids is 1. The van der Waals surface area contributed by atoms with Crippen LogP contribution in [0.25, 0.3) is 0 Å². The number of hydrogen-bond acceptors (Lipinski definition) is 3. The van der Waals surface area contributed by atoms with Crippen LogP contribution in [0, 0.1) is 0 Å². The van der Waals surface area contributed by atoms with Crippen molar-refractivity contribution in [3.05, 3.63) is 28.8 Å². The summed E-state index contributed by atoms with van der Waals surface area (Å²) < 4.78 is 0. The summed E-state index contributed by atoms with van der Waals surface area (Å²) in [7, 11) is 0. The van der Waals surface area contributed by atoms with Gasteiger partial charge in [0.1, 0.15) is 0 Å². The van der Waals surface area contributed by atoms with Gasteiger partial charge in [-0.1, -0.05) is 11.6 Å². The lowest BCUT2D eigenvalue weighted by atomic mass is 9.98. The zero-order chi connectivity index (χ0) is 14.7. The van der Waals surface area contributed by atoms with Gasteiger partial charge < -0.3 is 15.7 Å². The highest BCUT2D eigenvalue weighted by Crippen LogP contribution is 2.32. The maximum Gasteiger partial charge on any atom is 0.305 e. The molecule has 108 valence electrons. The summed E-state index contributed by atoms with van der Waals surface area (Å²) in [5, 5.41) is 9.43. The number of anilines is 1.